The highest BCUT2D eigenvalue weighted by molar-refractivity contribution is 7.47. The van der Waals surface area contributed by atoms with Crippen LogP contribution in [0.15, 0.2) is 60.8 Å². The Morgan fingerprint density at radius 1 is 0.515 bits per heavy atom. The lowest BCUT2D eigenvalue weighted by Crippen LogP contribution is -2.45. The van der Waals surface area contributed by atoms with Crippen LogP contribution in [0.5, 0.6) is 0 Å². The summed E-state index contributed by atoms with van der Waals surface area (Å²) in [5, 5.41) is 13.9. The number of carbonyl (C=O) groups is 1. The molecule has 0 fully saturated rings. The maximum Gasteiger partial charge on any atom is 0.472 e. The molecule has 386 valence electrons. The first-order valence-electron chi connectivity index (χ1n) is 27.7. The second kappa shape index (κ2) is 48.2. The minimum Gasteiger partial charge on any atom is -0.387 e. The molecule has 0 spiro atoms. The lowest BCUT2D eigenvalue weighted by atomic mass is 10.0. The molecule has 0 bridgehead atoms. The monoisotopic (exact) mass is 948 g/mol. The first-order valence-corrected chi connectivity index (χ1v) is 29.2. The molecular weight excluding hydrogens is 840 g/mol. The smallest absolute Gasteiger partial charge is 0.387 e. The predicted octanol–water partition coefficient (Wildman–Crippen LogP) is 16.5. The van der Waals surface area contributed by atoms with Crippen molar-refractivity contribution >= 4 is 13.7 Å². The summed E-state index contributed by atoms with van der Waals surface area (Å²) in [6, 6.07) is -0.875. The fourth-order valence-electron chi connectivity index (χ4n) is 7.81. The first-order chi connectivity index (χ1) is 32.0. The van der Waals surface area contributed by atoms with Gasteiger partial charge in [-0.05, 0) is 77.0 Å². The summed E-state index contributed by atoms with van der Waals surface area (Å²) in [7, 11) is 1.54. The first kappa shape index (κ1) is 64.2. The Morgan fingerprint density at radius 3 is 1.30 bits per heavy atom. The van der Waals surface area contributed by atoms with E-state index in [2.05, 4.69) is 67.8 Å². The van der Waals surface area contributed by atoms with E-state index in [1.807, 2.05) is 27.2 Å². The predicted molar refractivity (Wildman–Crippen MR) is 286 cm³/mol. The number of carbonyl (C=O) groups excluding carboxylic acids is 1. The van der Waals surface area contributed by atoms with Gasteiger partial charge < -0.3 is 19.8 Å². The molecule has 0 radical (unpaired) electrons. The van der Waals surface area contributed by atoms with Crippen molar-refractivity contribution in [2.75, 3.05) is 40.9 Å². The maximum absolute atomic E-state index is 13.0. The van der Waals surface area contributed by atoms with Gasteiger partial charge in [-0.2, -0.15) is 0 Å². The number of likely N-dealkylation sites (N-methyl/N-ethyl adjacent to an activating group) is 1. The maximum atomic E-state index is 13.0. The highest BCUT2D eigenvalue weighted by atomic mass is 31.2. The number of amides is 1. The molecule has 66 heavy (non-hydrogen) atoms. The van der Waals surface area contributed by atoms with Crippen molar-refractivity contribution in [2.24, 2.45) is 0 Å². The average molecular weight is 948 g/mol. The lowest BCUT2D eigenvalue weighted by Gasteiger charge is -2.25. The number of aliphatic hydroxyl groups is 1. The van der Waals surface area contributed by atoms with E-state index in [9.17, 15) is 19.4 Å². The molecule has 8 nitrogen and oxygen atoms in total. The zero-order chi connectivity index (χ0) is 48.5. The standard InChI is InChI=1S/C57H107N2O6P/c1-6-8-10-12-14-16-18-20-22-24-26-28-29-31-32-34-36-38-40-42-44-46-48-50-56(60)55(54-65-66(62,63)64-53-52-59(3,4)5)58-57(61)51-49-47-45-43-41-39-37-35-33-30-27-25-23-21-19-17-15-13-11-9-7-2/h19,21,25,27,32,34,40,42,48,50,55-56,60H,6-18,20,22-24,26,28-31,33,35-39,41,43-47,49,51-54H2,1-5H3,(H-,58,61,62,63)/p+1/b21-19-,27-25-,34-32+,42-40+,50-48+. The molecule has 3 unspecified atom stereocenters. The van der Waals surface area contributed by atoms with Gasteiger partial charge in [-0.25, -0.2) is 4.57 Å². The Bertz CT molecular complexity index is 1260. The third-order valence-electron chi connectivity index (χ3n) is 12.2. The number of hydrogen-bond acceptors (Lipinski definition) is 5. The summed E-state index contributed by atoms with van der Waals surface area (Å²) in [6.45, 7) is 4.79. The summed E-state index contributed by atoms with van der Waals surface area (Å²) in [5.74, 6) is -0.195. The third kappa shape index (κ3) is 50.1. The number of quaternary nitrogens is 1. The molecule has 1 amide bonds. The summed E-state index contributed by atoms with van der Waals surface area (Å²) in [4.78, 5) is 23.3. The molecule has 0 saturated heterocycles. The van der Waals surface area contributed by atoms with Gasteiger partial charge >= 0.3 is 7.82 Å². The molecule has 0 aromatic rings. The van der Waals surface area contributed by atoms with E-state index in [0.29, 0.717) is 17.4 Å². The minimum absolute atomic E-state index is 0.0509. The van der Waals surface area contributed by atoms with E-state index in [4.69, 9.17) is 9.05 Å². The quantitative estimate of drug-likeness (QED) is 0.0243. The van der Waals surface area contributed by atoms with Crippen LogP contribution >= 0.6 is 7.82 Å². The van der Waals surface area contributed by atoms with Crippen LogP contribution < -0.4 is 5.32 Å². The average Bonchev–Trinajstić information content (AvgIpc) is 3.28. The number of rotatable bonds is 50. The van der Waals surface area contributed by atoms with Crippen molar-refractivity contribution in [1.29, 1.82) is 0 Å². The van der Waals surface area contributed by atoms with Gasteiger partial charge in [0.05, 0.1) is 39.9 Å². The third-order valence-corrected chi connectivity index (χ3v) is 13.2. The molecule has 3 N–H and O–H groups in total. The molecule has 9 heteroatoms. The number of hydrogen-bond donors (Lipinski definition) is 3. The van der Waals surface area contributed by atoms with E-state index in [1.165, 1.54) is 173 Å². The normalized spacial score (nSPS) is 14.5. The van der Waals surface area contributed by atoms with Crippen LogP contribution in [0.2, 0.25) is 0 Å². The van der Waals surface area contributed by atoms with Crippen molar-refractivity contribution in [3.8, 4) is 0 Å². The highest BCUT2D eigenvalue weighted by Gasteiger charge is 2.27. The van der Waals surface area contributed by atoms with Gasteiger partial charge in [0.15, 0.2) is 0 Å². The number of nitrogens with one attached hydrogen (secondary N) is 1. The van der Waals surface area contributed by atoms with E-state index in [1.54, 1.807) is 6.08 Å². The Kier molecular flexibility index (Phi) is 46.9. The zero-order valence-electron chi connectivity index (χ0n) is 43.9. The van der Waals surface area contributed by atoms with Crippen molar-refractivity contribution in [2.45, 2.75) is 257 Å². The largest absolute Gasteiger partial charge is 0.472 e. The van der Waals surface area contributed by atoms with E-state index in [-0.39, 0.29) is 19.1 Å². The molecule has 0 aromatic carbocycles. The number of phosphoric acid groups is 1. The number of unbranched alkanes of at least 4 members (excludes halogenated alkanes) is 29. The highest BCUT2D eigenvalue weighted by Crippen LogP contribution is 2.43. The molecular formula is C57H108N2O6P+. The van der Waals surface area contributed by atoms with Crippen molar-refractivity contribution in [3.63, 3.8) is 0 Å². The van der Waals surface area contributed by atoms with Gasteiger partial charge in [-0.15, -0.1) is 0 Å². The lowest BCUT2D eigenvalue weighted by molar-refractivity contribution is -0.870. The van der Waals surface area contributed by atoms with E-state index in [0.717, 1.165) is 51.4 Å². The summed E-state index contributed by atoms with van der Waals surface area (Å²) in [6.07, 6.45) is 64.6. The van der Waals surface area contributed by atoms with Crippen LogP contribution in [-0.2, 0) is 18.4 Å². The van der Waals surface area contributed by atoms with Crippen LogP contribution in [0.4, 0.5) is 0 Å². The second-order valence-corrected chi connectivity index (χ2v) is 21.4. The fraction of sp³-hybridized carbons (Fsp3) is 0.807. The van der Waals surface area contributed by atoms with Crippen LogP contribution in [0.1, 0.15) is 245 Å². The molecule has 0 aliphatic heterocycles. The second-order valence-electron chi connectivity index (χ2n) is 19.9. The van der Waals surface area contributed by atoms with Crippen LogP contribution in [-0.4, -0.2) is 73.4 Å². The Morgan fingerprint density at radius 2 is 0.879 bits per heavy atom. The summed E-state index contributed by atoms with van der Waals surface area (Å²) < 4.78 is 23.7. The SMILES string of the molecule is CCCCCCC/C=C\C/C=C\CCCCCCCCCCCC(=O)NC(COP(=O)(O)OCC[N+](C)(C)C)C(O)/C=C/CC/C=C/CC/C=C/CCCCCCCCCCCCCCC. The topological polar surface area (TPSA) is 105 Å². The van der Waals surface area contributed by atoms with Crippen LogP contribution in [0, 0.1) is 0 Å². The van der Waals surface area contributed by atoms with Gasteiger partial charge in [0, 0.05) is 6.42 Å². The van der Waals surface area contributed by atoms with Crippen LogP contribution in [0.3, 0.4) is 0 Å². The summed E-state index contributed by atoms with van der Waals surface area (Å²) in [5.41, 5.74) is 0. The van der Waals surface area contributed by atoms with Gasteiger partial charge in [-0.1, -0.05) is 222 Å². The molecule has 0 saturated carbocycles. The van der Waals surface area contributed by atoms with Crippen molar-refractivity contribution in [3.05, 3.63) is 60.8 Å². The number of aliphatic hydroxyl groups excluding tert-OH is 1. The number of allylic oxidation sites excluding steroid dienone is 9. The van der Waals surface area contributed by atoms with Gasteiger partial charge in [0.2, 0.25) is 5.91 Å². The minimum atomic E-state index is -4.36. The molecule has 0 aromatic heterocycles. The van der Waals surface area contributed by atoms with Crippen LogP contribution in [0.25, 0.3) is 0 Å². The van der Waals surface area contributed by atoms with Crippen molar-refractivity contribution < 1.29 is 32.9 Å². The Balaban J connectivity index is 4.35. The molecule has 0 heterocycles. The number of phosphoric ester groups is 1. The summed E-state index contributed by atoms with van der Waals surface area (Å²) >= 11 is 0. The van der Waals surface area contributed by atoms with Gasteiger partial charge in [0.25, 0.3) is 0 Å². The van der Waals surface area contributed by atoms with Gasteiger partial charge in [-0.3, -0.25) is 13.8 Å². The molecule has 0 aliphatic carbocycles. The van der Waals surface area contributed by atoms with Gasteiger partial charge in [0.1, 0.15) is 13.2 Å². The Hall–Kier alpha value is -1.80. The fourth-order valence-corrected chi connectivity index (χ4v) is 8.55. The zero-order valence-corrected chi connectivity index (χ0v) is 44.8. The van der Waals surface area contributed by atoms with E-state index >= 15 is 0 Å². The molecule has 0 rings (SSSR count). The van der Waals surface area contributed by atoms with E-state index < -0.39 is 20.0 Å². The Labute approximate surface area is 409 Å². The van der Waals surface area contributed by atoms with Crippen molar-refractivity contribution in [1.82, 2.24) is 5.32 Å². The molecule has 3 atom stereocenters. The number of nitrogens with zero attached hydrogens (tertiary/aromatic N) is 1. The molecule has 0 aliphatic rings.